The molecule has 2 aromatic rings. The fourth-order valence-electron chi connectivity index (χ4n) is 1.87. The highest BCUT2D eigenvalue weighted by atomic mass is 35.5. The molecule has 0 atom stereocenters. The molecule has 2 aromatic carbocycles. The molecular formula is C15H8ClF4NO3. The van der Waals surface area contributed by atoms with Crippen LogP contribution in [0.15, 0.2) is 36.4 Å². The first-order valence-corrected chi connectivity index (χ1v) is 6.68. The van der Waals surface area contributed by atoms with Crippen LogP contribution < -0.4 is 5.32 Å². The lowest BCUT2D eigenvalue weighted by Crippen LogP contribution is -2.17. The number of nitrogens with one attached hydrogen (secondary N) is 1. The number of anilines is 1. The summed E-state index contributed by atoms with van der Waals surface area (Å²) in [5, 5.41) is 11.3. The van der Waals surface area contributed by atoms with Gasteiger partial charge in [-0.2, -0.15) is 13.2 Å². The SMILES string of the molecule is O=C(Nc1ccc(Cl)cc1C(=O)O)c1ccc(C(F)(F)F)cc1F. The van der Waals surface area contributed by atoms with E-state index in [2.05, 4.69) is 5.32 Å². The normalized spacial score (nSPS) is 11.2. The van der Waals surface area contributed by atoms with Gasteiger partial charge in [0.2, 0.25) is 0 Å². The van der Waals surface area contributed by atoms with Crippen LogP contribution in [0.4, 0.5) is 23.2 Å². The van der Waals surface area contributed by atoms with E-state index in [0.29, 0.717) is 12.1 Å². The number of carboxylic acid groups (broad SMARTS) is 1. The lowest BCUT2D eigenvalue weighted by atomic mass is 10.1. The molecule has 0 heterocycles. The van der Waals surface area contributed by atoms with Crippen LogP contribution in [0.25, 0.3) is 0 Å². The molecule has 0 spiro atoms. The van der Waals surface area contributed by atoms with Gasteiger partial charge in [-0.25, -0.2) is 9.18 Å². The summed E-state index contributed by atoms with van der Waals surface area (Å²) in [6.45, 7) is 0. The average molecular weight is 362 g/mol. The molecule has 9 heteroatoms. The summed E-state index contributed by atoms with van der Waals surface area (Å²) in [5.41, 5.74) is -2.41. The van der Waals surface area contributed by atoms with Crippen molar-refractivity contribution >= 4 is 29.2 Å². The summed E-state index contributed by atoms with van der Waals surface area (Å²) in [6, 6.07) is 4.97. The number of hydrogen-bond donors (Lipinski definition) is 2. The maximum atomic E-state index is 13.8. The molecule has 0 saturated heterocycles. The summed E-state index contributed by atoms with van der Waals surface area (Å²) >= 11 is 5.66. The maximum absolute atomic E-state index is 13.8. The predicted molar refractivity (Wildman–Crippen MR) is 77.8 cm³/mol. The molecule has 0 saturated carbocycles. The number of alkyl halides is 3. The molecule has 0 fully saturated rings. The predicted octanol–water partition coefficient (Wildman–Crippen LogP) is 4.45. The monoisotopic (exact) mass is 361 g/mol. The van der Waals surface area contributed by atoms with Crippen molar-refractivity contribution in [3.05, 3.63) is 63.9 Å². The molecule has 4 nitrogen and oxygen atoms in total. The van der Waals surface area contributed by atoms with Crippen molar-refractivity contribution in [3.8, 4) is 0 Å². The zero-order valence-electron chi connectivity index (χ0n) is 11.6. The molecule has 0 unspecified atom stereocenters. The van der Waals surface area contributed by atoms with Gasteiger partial charge in [0.15, 0.2) is 0 Å². The summed E-state index contributed by atoms with van der Waals surface area (Å²) in [5.74, 6) is -3.86. The summed E-state index contributed by atoms with van der Waals surface area (Å²) < 4.78 is 51.2. The van der Waals surface area contributed by atoms with E-state index in [9.17, 15) is 27.2 Å². The van der Waals surface area contributed by atoms with E-state index in [-0.39, 0.29) is 22.3 Å². The molecule has 2 rings (SSSR count). The first-order chi connectivity index (χ1) is 11.1. The first-order valence-electron chi connectivity index (χ1n) is 6.30. The molecular weight excluding hydrogens is 354 g/mol. The van der Waals surface area contributed by atoms with E-state index in [0.717, 1.165) is 6.07 Å². The van der Waals surface area contributed by atoms with Gasteiger partial charge in [0.25, 0.3) is 5.91 Å². The van der Waals surface area contributed by atoms with Gasteiger partial charge in [-0.05, 0) is 36.4 Å². The van der Waals surface area contributed by atoms with Crippen molar-refractivity contribution in [2.45, 2.75) is 6.18 Å². The van der Waals surface area contributed by atoms with E-state index in [1.165, 1.54) is 12.1 Å². The maximum Gasteiger partial charge on any atom is 0.416 e. The minimum Gasteiger partial charge on any atom is -0.478 e. The number of carboxylic acids is 1. The Hall–Kier alpha value is -2.61. The van der Waals surface area contributed by atoms with Crippen LogP contribution in [0, 0.1) is 5.82 Å². The average Bonchev–Trinajstić information content (AvgIpc) is 2.47. The third kappa shape index (κ3) is 3.83. The molecule has 1 amide bonds. The van der Waals surface area contributed by atoms with Crippen LogP contribution in [-0.4, -0.2) is 17.0 Å². The van der Waals surface area contributed by atoms with Crippen LogP contribution in [0.1, 0.15) is 26.3 Å². The minimum atomic E-state index is -4.75. The van der Waals surface area contributed by atoms with Crippen molar-refractivity contribution in [1.29, 1.82) is 0 Å². The van der Waals surface area contributed by atoms with Crippen LogP contribution in [0.2, 0.25) is 5.02 Å². The highest BCUT2D eigenvalue weighted by Gasteiger charge is 2.31. The second kappa shape index (κ2) is 6.48. The minimum absolute atomic E-state index is 0.103. The van der Waals surface area contributed by atoms with Crippen molar-refractivity contribution in [3.63, 3.8) is 0 Å². The van der Waals surface area contributed by atoms with Gasteiger partial charge >= 0.3 is 12.1 Å². The highest BCUT2D eigenvalue weighted by Crippen LogP contribution is 2.30. The fourth-order valence-corrected chi connectivity index (χ4v) is 2.04. The number of carbonyl (C=O) groups is 2. The Labute approximate surface area is 137 Å². The zero-order valence-corrected chi connectivity index (χ0v) is 12.4. The van der Waals surface area contributed by atoms with E-state index in [1.54, 1.807) is 0 Å². The second-order valence-corrected chi connectivity index (χ2v) is 5.08. The lowest BCUT2D eigenvalue weighted by molar-refractivity contribution is -0.137. The number of amides is 1. The Bertz CT molecular complexity index is 821. The quantitative estimate of drug-likeness (QED) is 0.794. The van der Waals surface area contributed by atoms with Gasteiger partial charge in [0.1, 0.15) is 5.82 Å². The smallest absolute Gasteiger partial charge is 0.416 e. The molecule has 2 N–H and O–H groups in total. The number of hydrogen-bond acceptors (Lipinski definition) is 2. The lowest BCUT2D eigenvalue weighted by Gasteiger charge is -2.11. The number of rotatable bonds is 3. The van der Waals surface area contributed by atoms with Crippen LogP contribution >= 0.6 is 11.6 Å². The van der Waals surface area contributed by atoms with Crippen molar-refractivity contribution < 1.29 is 32.3 Å². The fraction of sp³-hybridized carbons (Fsp3) is 0.0667. The van der Waals surface area contributed by atoms with Gasteiger partial charge in [-0.3, -0.25) is 4.79 Å². The standard InChI is InChI=1S/C15H8ClF4NO3/c16-8-2-4-12(10(6-8)14(23)24)21-13(22)9-3-1-7(5-11(9)17)15(18,19)20/h1-6H,(H,21,22)(H,23,24). The van der Waals surface area contributed by atoms with E-state index < -0.39 is 35.0 Å². The van der Waals surface area contributed by atoms with Gasteiger partial charge in [0, 0.05) is 5.02 Å². The molecule has 0 aliphatic rings. The summed E-state index contributed by atoms with van der Waals surface area (Å²) in [4.78, 5) is 23.1. The molecule has 0 aliphatic carbocycles. The van der Waals surface area contributed by atoms with Gasteiger partial charge in [0.05, 0.1) is 22.4 Å². The van der Waals surface area contributed by atoms with E-state index >= 15 is 0 Å². The van der Waals surface area contributed by atoms with Crippen LogP contribution in [0.5, 0.6) is 0 Å². The van der Waals surface area contributed by atoms with E-state index in [4.69, 9.17) is 16.7 Å². The Morgan fingerprint density at radius 2 is 1.71 bits per heavy atom. The third-order valence-electron chi connectivity index (χ3n) is 3.00. The summed E-state index contributed by atoms with van der Waals surface area (Å²) in [6.07, 6.45) is -4.75. The molecule has 0 aromatic heterocycles. The van der Waals surface area contributed by atoms with Gasteiger partial charge in [-0.1, -0.05) is 11.6 Å². The molecule has 0 aliphatic heterocycles. The Morgan fingerprint density at radius 1 is 1.04 bits per heavy atom. The number of halogens is 5. The Balaban J connectivity index is 2.33. The number of carbonyl (C=O) groups excluding carboxylic acids is 1. The van der Waals surface area contributed by atoms with Gasteiger partial charge < -0.3 is 10.4 Å². The van der Waals surface area contributed by atoms with Crippen molar-refractivity contribution in [1.82, 2.24) is 0 Å². The molecule has 126 valence electrons. The first kappa shape index (κ1) is 17.7. The molecule has 0 radical (unpaired) electrons. The highest BCUT2D eigenvalue weighted by molar-refractivity contribution is 6.31. The zero-order chi connectivity index (χ0) is 18.1. The van der Waals surface area contributed by atoms with E-state index in [1.807, 2.05) is 0 Å². The topological polar surface area (TPSA) is 66.4 Å². The summed E-state index contributed by atoms with van der Waals surface area (Å²) in [7, 11) is 0. The number of aromatic carboxylic acids is 1. The Kier molecular flexibility index (Phi) is 4.79. The second-order valence-electron chi connectivity index (χ2n) is 4.64. The van der Waals surface area contributed by atoms with Crippen LogP contribution in [-0.2, 0) is 6.18 Å². The number of benzene rings is 2. The van der Waals surface area contributed by atoms with Crippen molar-refractivity contribution in [2.75, 3.05) is 5.32 Å². The third-order valence-corrected chi connectivity index (χ3v) is 3.24. The largest absolute Gasteiger partial charge is 0.478 e. The molecule has 0 bridgehead atoms. The molecule has 24 heavy (non-hydrogen) atoms. The van der Waals surface area contributed by atoms with Gasteiger partial charge in [-0.15, -0.1) is 0 Å². The van der Waals surface area contributed by atoms with Crippen LogP contribution in [0.3, 0.4) is 0 Å². The van der Waals surface area contributed by atoms with Crippen molar-refractivity contribution in [2.24, 2.45) is 0 Å². The Morgan fingerprint density at radius 3 is 2.25 bits per heavy atom.